The van der Waals surface area contributed by atoms with Crippen LogP contribution < -0.4 is 16.0 Å². The molecule has 4 N–H and O–H groups in total. The minimum Gasteiger partial charge on any atom is -0.480 e. The van der Waals surface area contributed by atoms with Gasteiger partial charge in [-0.1, -0.05) is 42.5 Å². The van der Waals surface area contributed by atoms with Crippen molar-refractivity contribution in [2.24, 2.45) is 4.99 Å². The van der Waals surface area contributed by atoms with Crippen molar-refractivity contribution in [3.63, 3.8) is 0 Å². The molecule has 4 rings (SSSR count). The van der Waals surface area contributed by atoms with E-state index in [0.29, 0.717) is 24.9 Å². The number of carbonyl (C=O) groups excluding carboxylic acids is 2. The molecule has 0 bridgehead atoms. The van der Waals surface area contributed by atoms with Gasteiger partial charge in [0.2, 0.25) is 15.9 Å². The molecule has 0 radical (unpaired) electrons. The number of nitrogens with one attached hydrogen (secondary N) is 3. The maximum Gasteiger partial charge on any atom is 0.326 e. The van der Waals surface area contributed by atoms with Gasteiger partial charge < -0.3 is 21.1 Å². The normalized spacial score (nSPS) is 20.7. The number of benzene rings is 2. The molecular formula is C31H41N5O6S2. The summed E-state index contributed by atoms with van der Waals surface area (Å²) in [5, 5.41) is 18.4. The highest BCUT2D eigenvalue weighted by molar-refractivity contribution is 8.02. The summed E-state index contributed by atoms with van der Waals surface area (Å²) in [5.41, 5.74) is 1.49. The van der Waals surface area contributed by atoms with E-state index in [2.05, 4.69) is 20.9 Å². The highest BCUT2D eigenvalue weighted by atomic mass is 32.2. The number of hydrogen-bond donors (Lipinski definition) is 4. The summed E-state index contributed by atoms with van der Waals surface area (Å²) in [5.74, 6) is -1.00. The van der Waals surface area contributed by atoms with Gasteiger partial charge in [-0.25, -0.2) is 13.2 Å². The summed E-state index contributed by atoms with van der Waals surface area (Å²) in [6.07, 6.45) is 2.42. The molecule has 0 spiro atoms. The topological polar surface area (TPSA) is 157 Å². The fourth-order valence-corrected chi connectivity index (χ4v) is 9.25. The Labute approximate surface area is 263 Å². The predicted octanol–water partition coefficient (Wildman–Crippen LogP) is 2.56. The number of carboxylic acids is 1. The summed E-state index contributed by atoms with van der Waals surface area (Å²) >= 11 is 1.35. The van der Waals surface area contributed by atoms with Crippen molar-refractivity contribution in [2.45, 2.75) is 80.0 Å². The number of nitrogens with zero attached hydrogens (tertiary/aromatic N) is 2. The van der Waals surface area contributed by atoms with Gasteiger partial charge in [0.25, 0.3) is 0 Å². The standard InChI is InChI=1S/C31H41N5O6S2/c1-21-36(44(41,42)25-10-5-4-6-11-25)27(31(2,3)43-21)28(38)35-26(29(39)40)20-23-14-12-22(13-15-23)19-24(37)9-7-16-32-30-33-17-8-18-34-30/h4-6,10-15,21,26-27H,7-9,16-20H2,1-3H3,(H,35,38)(H,39,40)(H2,32,33,34)/t21?,26-,27+/m0/s1. The first kappa shape index (κ1) is 33.5. The first-order chi connectivity index (χ1) is 20.9. The molecule has 1 unspecified atom stereocenters. The van der Waals surface area contributed by atoms with E-state index in [0.717, 1.165) is 31.0 Å². The number of amides is 1. The third kappa shape index (κ3) is 8.39. The average Bonchev–Trinajstić information content (AvgIpc) is 3.25. The van der Waals surface area contributed by atoms with E-state index in [9.17, 15) is 27.9 Å². The van der Waals surface area contributed by atoms with Crippen LogP contribution in [0.5, 0.6) is 0 Å². The lowest BCUT2D eigenvalue weighted by atomic mass is 9.99. The number of carbonyl (C=O) groups is 3. The summed E-state index contributed by atoms with van der Waals surface area (Å²) in [4.78, 5) is 42.7. The Morgan fingerprint density at radius 2 is 1.80 bits per heavy atom. The fourth-order valence-electron chi connectivity index (χ4n) is 5.49. The Kier molecular flexibility index (Phi) is 11.1. The second kappa shape index (κ2) is 14.6. The molecule has 1 fully saturated rings. The van der Waals surface area contributed by atoms with Gasteiger partial charge in [-0.2, -0.15) is 4.31 Å². The molecular weight excluding hydrogens is 603 g/mol. The first-order valence-electron chi connectivity index (χ1n) is 14.8. The molecule has 238 valence electrons. The van der Waals surface area contributed by atoms with Gasteiger partial charge in [0.15, 0.2) is 5.96 Å². The molecule has 2 aromatic carbocycles. The summed E-state index contributed by atoms with van der Waals surface area (Å²) in [6, 6.07) is 12.6. The van der Waals surface area contributed by atoms with E-state index < -0.39 is 44.1 Å². The molecule has 2 aliphatic heterocycles. The Hall–Kier alpha value is -3.42. The van der Waals surface area contributed by atoms with Crippen molar-refractivity contribution in [3.05, 3.63) is 65.7 Å². The fraction of sp³-hybridized carbons (Fsp3) is 0.484. The molecule has 1 amide bonds. The van der Waals surface area contributed by atoms with E-state index in [1.807, 2.05) is 0 Å². The van der Waals surface area contributed by atoms with Crippen molar-refractivity contribution in [1.82, 2.24) is 20.3 Å². The van der Waals surface area contributed by atoms with Gasteiger partial charge in [0.05, 0.1) is 10.3 Å². The molecule has 0 aliphatic carbocycles. The lowest BCUT2D eigenvalue weighted by molar-refractivity contribution is -0.142. The number of carboxylic acid groups (broad SMARTS) is 1. The van der Waals surface area contributed by atoms with Crippen LogP contribution in [0.3, 0.4) is 0 Å². The SMILES string of the molecule is CC1SC(C)(C)[C@@H](C(=O)N[C@@H](Cc2ccc(CC(=O)CCCNC3=NCCCN3)cc2)C(=O)O)N1S(=O)(=O)c1ccccc1. The molecule has 0 aromatic heterocycles. The van der Waals surface area contributed by atoms with Crippen LogP contribution >= 0.6 is 11.8 Å². The van der Waals surface area contributed by atoms with Crippen LogP contribution in [0.4, 0.5) is 0 Å². The van der Waals surface area contributed by atoms with E-state index in [4.69, 9.17) is 0 Å². The molecule has 13 heteroatoms. The highest BCUT2D eigenvalue weighted by Crippen LogP contribution is 2.46. The largest absolute Gasteiger partial charge is 0.480 e. The van der Waals surface area contributed by atoms with Crippen LogP contribution in [0.15, 0.2) is 64.5 Å². The number of ketones is 1. The summed E-state index contributed by atoms with van der Waals surface area (Å²) in [7, 11) is -4.03. The third-order valence-corrected chi connectivity index (χ3v) is 11.1. The highest BCUT2D eigenvalue weighted by Gasteiger charge is 2.55. The maximum atomic E-state index is 13.6. The van der Waals surface area contributed by atoms with E-state index in [1.54, 1.807) is 63.2 Å². The molecule has 11 nitrogen and oxygen atoms in total. The number of rotatable bonds is 13. The van der Waals surface area contributed by atoms with Crippen molar-refractivity contribution in [3.8, 4) is 0 Å². The van der Waals surface area contributed by atoms with Gasteiger partial charge in [-0.3, -0.25) is 14.6 Å². The van der Waals surface area contributed by atoms with E-state index in [-0.39, 0.29) is 23.5 Å². The minimum absolute atomic E-state index is 0.000170. The van der Waals surface area contributed by atoms with Gasteiger partial charge in [0.1, 0.15) is 17.9 Å². The van der Waals surface area contributed by atoms with Gasteiger partial charge in [-0.05, 0) is 56.9 Å². The second-order valence-electron chi connectivity index (χ2n) is 11.5. The number of aliphatic carboxylic acids is 1. The molecule has 2 heterocycles. The summed E-state index contributed by atoms with van der Waals surface area (Å²) < 4.78 is 27.6. The monoisotopic (exact) mass is 643 g/mol. The number of guanidine groups is 1. The Balaban J connectivity index is 1.36. The van der Waals surface area contributed by atoms with Crippen LogP contribution in [0.2, 0.25) is 0 Å². The van der Waals surface area contributed by atoms with Gasteiger partial charge >= 0.3 is 5.97 Å². The number of hydrogen-bond acceptors (Lipinski definition) is 9. The molecule has 2 aliphatic rings. The van der Waals surface area contributed by atoms with Gasteiger partial charge in [-0.15, -0.1) is 11.8 Å². The van der Waals surface area contributed by atoms with Crippen LogP contribution in [0.25, 0.3) is 0 Å². The van der Waals surface area contributed by atoms with Crippen LogP contribution in [-0.2, 0) is 37.2 Å². The lowest BCUT2D eigenvalue weighted by Gasteiger charge is -2.31. The number of aliphatic imine (C=N–C) groups is 1. The van der Waals surface area contributed by atoms with Crippen LogP contribution in [0, 0.1) is 0 Å². The lowest BCUT2D eigenvalue weighted by Crippen LogP contribution is -2.57. The van der Waals surface area contributed by atoms with Crippen molar-refractivity contribution >= 4 is 45.4 Å². The number of thioether (sulfide) groups is 1. The minimum atomic E-state index is -4.03. The zero-order chi connectivity index (χ0) is 31.9. The Morgan fingerprint density at radius 1 is 1.11 bits per heavy atom. The Morgan fingerprint density at radius 3 is 2.43 bits per heavy atom. The first-order valence-corrected chi connectivity index (χ1v) is 17.1. The predicted molar refractivity (Wildman–Crippen MR) is 171 cm³/mol. The van der Waals surface area contributed by atoms with E-state index >= 15 is 0 Å². The quantitative estimate of drug-likeness (QED) is 0.241. The van der Waals surface area contributed by atoms with Crippen molar-refractivity contribution in [2.75, 3.05) is 19.6 Å². The summed E-state index contributed by atoms with van der Waals surface area (Å²) in [6.45, 7) is 7.66. The van der Waals surface area contributed by atoms with Crippen molar-refractivity contribution < 1.29 is 27.9 Å². The van der Waals surface area contributed by atoms with Crippen LogP contribution in [0.1, 0.15) is 51.2 Å². The third-order valence-electron chi connectivity index (χ3n) is 7.61. The molecule has 44 heavy (non-hydrogen) atoms. The Bertz CT molecular complexity index is 1460. The second-order valence-corrected chi connectivity index (χ2v) is 15.4. The van der Waals surface area contributed by atoms with Crippen molar-refractivity contribution in [1.29, 1.82) is 0 Å². The molecule has 0 saturated carbocycles. The number of Topliss-reactive ketones (excluding diaryl/α,β-unsaturated/α-hetero) is 1. The zero-order valence-electron chi connectivity index (χ0n) is 25.3. The zero-order valence-corrected chi connectivity index (χ0v) is 26.9. The average molecular weight is 644 g/mol. The van der Waals surface area contributed by atoms with Crippen LogP contribution in [-0.4, -0.2) is 83.3 Å². The molecule has 2 aromatic rings. The van der Waals surface area contributed by atoms with Gasteiger partial charge in [0, 0.05) is 43.6 Å². The molecule has 1 saturated heterocycles. The maximum absolute atomic E-state index is 13.6. The van der Waals surface area contributed by atoms with E-state index in [1.165, 1.54) is 28.2 Å². The number of sulfonamides is 1. The smallest absolute Gasteiger partial charge is 0.326 e. The molecule has 3 atom stereocenters.